The predicted octanol–water partition coefficient (Wildman–Crippen LogP) is 3.08. The van der Waals surface area contributed by atoms with Crippen LogP contribution >= 0.6 is 22.9 Å². The number of ether oxygens (including phenoxy) is 1. The van der Waals surface area contributed by atoms with Crippen LogP contribution in [0, 0.1) is 6.92 Å². The van der Waals surface area contributed by atoms with Gasteiger partial charge in [0.1, 0.15) is 9.88 Å². The van der Waals surface area contributed by atoms with Gasteiger partial charge in [0, 0.05) is 13.5 Å². The first kappa shape index (κ1) is 20.5. The number of methoxy groups -OCH3 is 1. The Labute approximate surface area is 171 Å². The van der Waals surface area contributed by atoms with Gasteiger partial charge in [-0.05, 0) is 25.3 Å². The van der Waals surface area contributed by atoms with E-state index in [0.717, 1.165) is 16.9 Å². The summed E-state index contributed by atoms with van der Waals surface area (Å²) in [6.07, 6.45) is 3.41. The summed E-state index contributed by atoms with van der Waals surface area (Å²) in [4.78, 5) is 35.4. The second kappa shape index (κ2) is 8.42. The molecule has 2 aromatic rings. The maximum Gasteiger partial charge on any atom is 0.347 e. The lowest BCUT2D eigenvalue weighted by Gasteiger charge is -2.30. The summed E-state index contributed by atoms with van der Waals surface area (Å²) in [5.74, 6) is -1.15. The van der Waals surface area contributed by atoms with E-state index in [2.05, 4.69) is 20.3 Å². The summed E-state index contributed by atoms with van der Waals surface area (Å²) in [6.45, 7) is 3.61. The number of aryl methyl sites for hydroxylation is 2. The highest BCUT2D eigenvalue weighted by atomic mass is 35.5. The zero-order valence-electron chi connectivity index (χ0n) is 15.7. The molecule has 0 saturated heterocycles. The standard InChI is InChI=1S/C18H21ClN4O4S/c1-4-10-14(19)23-15(21-10)16(24)22-11-6-5-9(7-12(11)27-3)17-20-8(2)13(28-17)18(25)26/h5,11-12H,4,6-7H2,1-3H3,(H,21,23)(H,22,24)(H,25,26)/t11-,12+/m1/s1. The molecule has 0 unspecified atom stereocenters. The molecule has 150 valence electrons. The van der Waals surface area contributed by atoms with Gasteiger partial charge in [-0.25, -0.2) is 14.8 Å². The zero-order valence-corrected chi connectivity index (χ0v) is 17.3. The van der Waals surface area contributed by atoms with Gasteiger partial charge in [-0.15, -0.1) is 11.3 Å². The van der Waals surface area contributed by atoms with Gasteiger partial charge in [-0.1, -0.05) is 24.6 Å². The summed E-state index contributed by atoms with van der Waals surface area (Å²) >= 11 is 7.16. The summed E-state index contributed by atoms with van der Waals surface area (Å²) in [5.41, 5.74) is 2.14. The van der Waals surface area contributed by atoms with Crippen molar-refractivity contribution in [3.05, 3.63) is 38.3 Å². The number of imidazole rings is 1. The summed E-state index contributed by atoms with van der Waals surface area (Å²) in [5, 5.41) is 13.1. The molecule has 0 fully saturated rings. The van der Waals surface area contributed by atoms with Crippen molar-refractivity contribution in [2.45, 2.75) is 45.3 Å². The number of carbonyl (C=O) groups excluding carboxylic acids is 1. The van der Waals surface area contributed by atoms with Crippen molar-refractivity contribution in [1.82, 2.24) is 20.3 Å². The molecular weight excluding hydrogens is 404 g/mol. The van der Waals surface area contributed by atoms with Crippen LogP contribution in [0.4, 0.5) is 0 Å². The number of H-pyrrole nitrogens is 1. The fraction of sp³-hybridized carbons (Fsp3) is 0.444. The minimum absolute atomic E-state index is 0.174. The molecule has 0 bridgehead atoms. The third-order valence-electron chi connectivity index (χ3n) is 4.67. The van der Waals surface area contributed by atoms with Crippen molar-refractivity contribution in [2.75, 3.05) is 7.11 Å². The van der Waals surface area contributed by atoms with Gasteiger partial charge in [0.25, 0.3) is 5.91 Å². The number of hydrogen-bond acceptors (Lipinski definition) is 6. The van der Waals surface area contributed by atoms with Gasteiger partial charge in [-0.2, -0.15) is 0 Å². The second-order valence-corrected chi connectivity index (χ2v) is 7.83. The third kappa shape index (κ3) is 4.11. The van der Waals surface area contributed by atoms with Crippen molar-refractivity contribution in [1.29, 1.82) is 0 Å². The van der Waals surface area contributed by atoms with E-state index >= 15 is 0 Å². The molecule has 1 aliphatic rings. The second-order valence-electron chi connectivity index (χ2n) is 6.47. The van der Waals surface area contributed by atoms with Crippen LogP contribution in [0.15, 0.2) is 6.08 Å². The van der Waals surface area contributed by atoms with Crippen molar-refractivity contribution in [3.63, 3.8) is 0 Å². The first-order chi connectivity index (χ1) is 13.3. The number of hydrogen-bond donors (Lipinski definition) is 3. The number of aromatic nitrogens is 3. The number of carboxylic acids is 1. The minimum Gasteiger partial charge on any atom is -0.477 e. The Balaban J connectivity index is 1.75. The van der Waals surface area contributed by atoms with Crippen molar-refractivity contribution >= 4 is 40.4 Å². The SMILES string of the molecule is CCc1[nH]c(C(=O)N[C@@H]2CC=C(c3nc(C)c(C(=O)O)s3)C[C@@H]2OC)nc1Cl. The molecule has 10 heteroatoms. The topological polar surface area (TPSA) is 117 Å². The zero-order chi connectivity index (χ0) is 20.4. The molecule has 2 atom stereocenters. The lowest BCUT2D eigenvalue weighted by Crippen LogP contribution is -2.45. The first-order valence-electron chi connectivity index (χ1n) is 8.82. The van der Waals surface area contributed by atoms with Crippen LogP contribution in [0.25, 0.3) is 5.57 Å². The van der Waals surface area contributed by atoms with Gasteiger partial charge in [0.2, 0.25) is 0 Å². The van der Waals surface area contributed by atoms with E-state index in [4.69, 9.17) is 16.3 Å². The van der Waals surface area contributed by atoms with E-state index in [0.29, 0.717) is 40.8 Å². The lowest BCUT2D eigenvalue weighted by atomic mass is 9.92. The first-order valence-corrected chi connectivity index (χ1v) is 10.0. The third-order valence-corrected chi connectivity index (χ3v) is 6.20. The Morgan fingerprint density at radius 3 is 2.79 bits per heavy atom. The molecule has 0 spiro atoms. The van der Waals surface area contributed by atoms with Gasteiger partial charge < -0.3 is 20.1 Å². The van der Waals surface area contributed by atoms with Gasteiger partial charge >= 0.3 is 5.97 Å². The van der Waals surface area contributed by atoms with Crippen LogP contribution in [0.2, 0.25) is 5.15 Å². The molecular formula is C18H21ClN4O4S. The molecule has 2 aromatic heterocycles. The highest BCUT2D eigenvalue weighted by Gasteiger charge is 2.30. The van der Waals surface area contributed by atoms with Crippen LogP contribution in [0.3, 0.4) is 0 Å². The largest absolute Gasteiger partial charge is 0.477 e. The number of carboxylic acid groups (broad SMARTS) is 1. The molecule has 2 heterocycles. The number of amides is 1. The van der Waals surface area contributed by atoms with Gasteiger partial charge in [-0.3, -0.25) is 4.79 Å². The average molecular weight is 425 g/mol. The van der Waals surface area contributed by atoms with Crippen LogP contribution in [-0.2, 0) is 11.2 Å². The molecule has 0 radical (unpaired) electrons. The monoisotopic (exact) mass is 424 g/mol. The van der Waals surface area contributed by atoms with Gasteiger partial charge in [0.15, 0.2) is 11.0 Å². The number of nitrogens with one attached hydrogen (secondary N) is 2. The lowest BCUT2D eigenvalue weighted by molar-refractivity contribution is 0.0611. The summed E-state index contributed by atoms with van der Waals surface area (Å²) < 4.78 is 5.58. The Morgan fingerprint density at radius 2 is 2.21 bits per heavy atom. The molecule has 0 saturated carbocycles. The smallest absolute Gasteiger partial charge is 0.347 e. The number of aromatic carboxylic acids is 1. The Bertz CT molecular complexity index is 936. The molecule has 3 rings (SSSR count). The van der Waals surface area contributed by atoms with Crippen LogP contribution in [-0.4, -0.2) is 51.2 Å². The summed E-state index contributed by atoms with van der Waals surface area (Å²) in [6, 6.07) is -0.241. The average Bonchev–Trinajstić information content (AvgIpc) is 3.24. The van der Waals surface area contributed by atoms with Crippen LogP contribution < -0.4 is 5.32 Å². The molecule has 1 amide bonds. The Hall–Kier alpha value is -2.23. The van der Waals surface area contributed by atoms with E-state index in [1.54, 1.807) is 14.0 Å². The molecule has 3 N–H and O–H groups in total. The van der Waals surface area contributed by atoms with Crippen molar-refractivity contribution in [2.24, 2.45) is 0 Å². The fourth-order valence-corrected chi connectivity index (χ4v) is 4.36. The molecule has 0 aliphatic heterocycles. The van der Waals surface area contributed by atoms with Crippen LogP contribution in [0.1, 0.15) is 56.5 Å². The maximum atomic E-state index is 12.5. The molecule has 1 aliphatic carbocycles. The number of carbonyl (C=O) groups is 2. The normalized spacial score (nSPS) is 19.4. The van der Waals surface area contributed by atoms with E-state index in [-0.39, 0.29) is 28.8 Å². The van der Waals surface area contributed by atoms with E-state index < -0.39 is 5.97 Å². The number of thiazole rings is 1. The Morgan fingerprint density at radius 1 is 1.46 bits per heavy atom. The minimum atomic E-state index is -0.977. The quantitative estimate of drug-likeness (QED) is 0.656. The maximum absolute atomic E-state index is 12.5. The summed E-state index contributed by atoms with van der Waals surface area (Å²) in [7, 11) is 1.58. The van der Waals surface area contributed by atoms with E-state index in [1.165, 1.54) is 0 Å². The number of aromatic amines is 1. The highest BCUT2D eigenvalue weighted by molar-refractivity contribution is 7.14. The van der Waals surface area contributed by atoms with Crippen LogP contribution in [0.5, 0.6) is 0 Å². The Kier molecular flexibility index (Phi) is 6.17. The molecule has 8 nitrogen and oxygen atoms in total. The number of halogens is 1. The molecule has 28 heavy (non-hydrogen) atoms. The number of nitrogens with zero attached hydrogens (tertiary/aromatic N) is 2. The fourth-order valence-electron chi connectivity index (χ4n) is 3.14. The molecule has 0 aromatic carbocycles. The van der Waals surface area contributed by atoms with Crippen molar-refractivity contribution < 1.29 is 19.4 Å². The predicted molar refractivity (Wildman–Crippen MR) is 106 cm³/mol. The number of rotatable bonds is 6. The highest BCUT2D eigenvalue weighted by Crippen LogP contribution is 2.32. The van der Waals surface area contributed by atoms with E-state index in [1.807, 2.05) is 13.0 Å². The van der Waals surface area contributed by atoms with Gasteiger partial charge in [0.05, 0.1) is 23.5 Å². The van der Waals surface area contributed by atoms with E-state index in [9.17, 15) is 14.7 Å². The van der Waals surface area contributed by atoms with Crippen molar-refractivity contribution in [3.8, 4) is 0 Å².